The number of carbonyl (C=O) groups excluding carboxylic acids is 2. The summed E-state index contributed by atoms with van der Waals surface area (Å²) < 4.78 is 0. The molecule has 0 aliphatic carbocycles. The van der Waals surface area contributed by atoms with Gasteiger partial charge in [-0.2, -0.15) is 0 Å². The SMILES string of the molecule is O=C(NCC1CCCNC1)c1ccccc1C(=O)c1ccc(Cl)c(Cl)c1. The summed E-state index contributed by atoms with van der Waals surface area (Å²) in [7, 11) is 0. The fourth-order valence-electron chi connectivity index (χ4n) is 3.10. The minimum absolute atomic E-state index is 0.236. The molecule has 1 aliphatic rings. The molecule has 2 aromatic carbocycles. The van der Waals surface area contributed by atoms with Gasteiger partial charge >= 0.3 is 0 Å². The Labute approximate surface area is 162 Å². The van der Waals surface area contributed by atoms with Crippen LogP contribution in [0.15, 0.2) is 42.5 Å². The fraction of sp³-hybridized carbons (Fsp3) is 0.300. The van der Waals surface area contributed by atoms with Crippen molar-refractivity contribution >= 4 is 34.9 Å². The molecule has 0 spiro atoms. The predicted octanol–water partition coefficient (Wildman–Crippen LogP) is 3.95. The maximum atomic E-state index is 12.8. The number of nitrogens with one attached hydrogen (secondary N) is 2. The molecule has 1 heterocycles. The van der Waals surface area contributed by atoms with Gasteiger partial charge in [-0.3, -0.25) is 9.59 Å². The van der Waals surface area contributed by atoms with Gasteiger partial charge in [0.2, 0.25) is 0 Å². The van der Waals surface area contributed by atoms with Crippen molar-refractivity contribution in [3.05, 3.63) is 69.2 Å². The Hall–Kier alpha value is -1.88. The first-order chi connectivity index (χ1) is 12.6. The largest absolute Gasteiger partial charge is 0.352 e. The van der Waals surface area contributed by atoms with Gasteiger partial charge in [-0.05, 0) is 56.1 Å². The summed E-state index contributed by atoms with van der Waals surface area (Å²) in [4.78, 5) is 25.5. The second-order valence-corrected chi connectivity index (χ2v) is 7.24. The zero-order chi connectivity index (χ0) is 18.5. The van der Waals surface area contributed by atoms with Gasteiger partial charge in [0, 0.05) is 17.7 Å². The van der Waals surface area contributed by atoms with Crippen LogP contribution in [0.25, 0.3) is 0 Å². The number of amides is 1. The minimum Gasteiger partial charge on any atom is -0.352 e. The third kappa shape index (κ3) is 4.44. The maximum Gasteiger partial charge on any atom is 0.252 e. The van der Waals surface area contributed by atoms with Crippen molar-refractivity contribution < 1.29 is 9.59 Å². The number of piperidine rings is 1. The molecule has 6 heteroatoms. The van der Waals surface area contributed by atoms with Crippen molar-refractivity contribution in [2.75, 3.05) is 19.6 Å². The van der Waals surface area contributed by atoms with Crippen molar-refractivity contribution in [1.82, 2.24) is 10.6 Å². The Balaban J connectivity index is 1.77. The molecule has 0 aromatic heterocycles. The molecular formula is C20H20Cl2N2O2. The molecule has 26 heavy (non-hydrogen) atoms. The lowest BCUT2D eigenvalue weighted by Crippen LogP contribution is -2.38. The number of rotatable bonds is 5. The summed E-state index contributed by atoms with van der Waals surface area (Å²) in [5.74, 6) is -0.0705. The van der Waals surface area contributed by atoms with Gasteiger partial charge < -0.3 is 10.6 Å². The second-order valence-electron chi connectivity index (χ2n) is 6.43. The zero-order valence-corrected chi connectivity index (χ0v) is 15.7. The van der Waals surface area contributed by atoms with Gasteiger partial charge in [-0.15, -0.1) is 0 Å². The summed E-state index contributed by atoms with van der Waals surface area (Å²) >= 11 is 11.9. The third-order valence-corrected chi connectivity index (χ3v) is 5.29. The summed E-state index contributed by atoms with van der Waals surface area (Å²) in [5, 5.41) is 6.98. The molecule has 4 nitrogen and oxygen atoms in total. The Morgan fingerprint density at radius 1 is 1.08 bits per heavy atom. The number of carbonyl (C=O) groups is 2. The summed E-state index contributed by atoms with van der Waals surface area (Å²) in [6, 6.07) is 11.5. The molecule has 1 amide bonds. The van der Waals surface area contributed by atoms with E-state index in [1.165, 1.54) is 6.07 Å². The van der Waals surface area contributed by atoms with Gasteiger partial charge in [-0.25, -0.2) is 0 Å². The van der Waals surface area contributed by atoms with Crippen molar-refractivity contribution in [1.29, 1.82) is 0 Å². The van der Waals surface area contributed by atoms with E-state index in [4.69, 9.17) is 23.2 Å². The first-order valence-corrected chi connectivity index (χ1v) is 9.39. The molecule has 0 radical (unpaired) electrons. The number of hydrogen-bond donors (Lipinski definition) is 2. The van der Waals surface area contributed by atoms with Crippen LogP contribution in [0.4, 0.5) is 0 Å². The maximum absolute atomic E-state index is 12.8. The van der Waals surface area contributed by atoms with Crippen LogP contribution >= 0.6 is 23.2 Å². The average molecular weight is 391 g/mol. The van der Waals surface area contributed by atoms with Crippen LogP contribution in [-0.4, -0.2) is 31.3 Å². The molecule has 1 aliphatic heterocycles. The highest BCUT2D eigenvalue weighted by atomic mass is 35.5. The lowest BCUT2D eigenvalue weighted by Gasteiger charge is -2.23. The Morgan fingerprint density at radius 3 is 2.54 bits per heavy atom. The van der Waals surface area contributed by atoms with Crippen molar-refractivity contribution in [3.63, 3.8) is 0 Å². The van der Waals surface area contributed by atoms with Crippen molar-refractivity contribution in [2.45, 2.75) is 12.8 Å². The molecule has 1 unspecified atom stereocenters. The van der Waals surface area contributed by atoms with E-state index in [0.717, 1.165) is 25.9 Å². The standard InChI is InChI=1S/C20H20Cl2N2O2/c21-17-8-7-14(10-18(17)22)19(25)15-5-1-2-6-16(15)20(26)24-12-13-4-3-9-23-11-13/h1-2,5-8,10,13,23H,3-4,9,11-12H2,(H,24,26). The van der Waals surface area contributed by atoms with E-state index in [1.807, 2.05) is 0 Å². The van der Waals surface area contributed by atoms with Crippen molar-refractivity contribution in [3.8, 4) is 0 Å². The van der Waals surface area contributed by atoms with E-state index in [2.05, 4.69) is 10.6 Å². The molecule has 0 saturated carbocycles. The Morgan fingerprint density at radius 2 is 1.85 bits per heavy atom. The topological polar surface area (TPSA) is 58.2 Å². The number of halogens is 2. The zero-order valence-electron chi connectivity index (χ0n) is 14.2. The molecule has 2 N–H and O–H groups in total. The molecular weight excluding hydrogens is 371 g/mol. The van der Waals surface area contributed by atoms with E-state index in [9.17, 15) is 9.59 Å². The normalized spacial score (nSPS) is 16.9. The van der Waals surface area contributed by atoms with Crippen LogP contribution in [0, 0.1) is 5.92 Å². The van der Waals surface area contributed by atoms with Crippen LogP contribution in [0.3, 0.4) is 0 Å². The van der Waals surface area contributed by atoms with E-state index in [-0.39, 0.29) is 11.7 Å². The lowest BCUT2D eigenvalue weighted by atomic mass is 9.97. The molecule has 0 bridgehead atoms. The molecule has 1 atom stereocenters. The molecule has 3 rings (SSSR count). The smallest absolute Gasteiger partial charge is 0.252 e. The van der Waals surface area contributed by atoms with Gasteiger partial charge in [0.15, 0.2) is 5.78 Å². The molecule has 1 fully saturated rings. The summed E-state index contributed by atoms with van der Waals surface area (Å²) in [6.07, 6.45) is 2.21. The lowest BCUT2D eigenvalue weighted by molar-refractivity contribution is 0.0934. The van der Waals surface area contributed by atoms with Crippen LogP contribution in [0.5, 0.6) is 0 Å². The quantitative estimate of drug-likeness (QED) is 0.759. The number of hydrogen-bond acceptors (Lipinski definition) is 3. The Kier molecular flexibility index (Phi) is 6.30. The number of benzene rings is 2. The van der Waals surface area contributed by atoms with E-state index in [1.54, 1.807) is 36.4 Å². The third-order valence-electron chi connectivity index (χ3n) is 4.55. The van der Waals surface area contributed by atoms with Crippen LogP contribution < -0.4 is 10.6 Å². The predicted molar refractivity (Wildman–Crippen MR) is 104 cm³/mol. The van der Waals surface area contributed by atoms with E-state index < -0.39 is 0 Å². The fourth-order valence-corrected chi connectivity index (χ4v) is 3.40. The van der Waals surface area contributed by atoms with Crippen molar-refractivity contribution in [2.24, 2.45) is 5.92 Å². The average Bonchev–Trinajstić information content (AvgIpc) is 2.68. The van der Waals surface area contributed by atoms with Gasteiger partial charge in [-0.1, -0.05) is 41.4 Å². The first-order valence-electron chi connectivity index (χ1n) is 8.64. The highest BCUT2D eigenvalue weighted by molar-refractivity contribution is 6.42. The van der Waals surface area contributed by atoms with Gasteiger partial charge in [0.25, 0.3) is 5.91 Å². The van der Waals surface area contributed by atoms with E-state index >= 15 is 0 Å². The van der Waals surface area contributed by atoms with Crippen LogP contribution in [0.2, 0.25) is 10.0 Å². The van der Waals surface area contributed by atoms with Gasteiger partial charge in [0.05, 0.1) is 15.6 Å². The monoisotopic (exact) mass is 390 g/mol. The first kappa shape index (κ1) is 18.9. The molecule has 1 saturated heterocycles. The second kappa shape index (κ2) is 8.67. The number of ketones is 1. The van der Waals surface area contributed by atoms with E-state index in [0.29, 0.717) is 39.2 Å². The van der Waals surface area contributed by atoms with Crippen LogP contribution in [-0.2, 0) is 0 Å². The summed E-state index contributed by atoms with van der Waals surface area (Å²) in [6.45, 7) is 2.54. The molecule has 136 valence electrons. The van der Waals surface area contributed by atoms with Crippen LogP contribution in [0.1, 0.15) is 39.1 Å². The van der Waals surface area contributed by atoms with Gasteiger partial charge in [0.1, 0.15) is 0 Å². The highest BCUT2D eigenvalue weighted by Crippen LogP contribution is 2.24. The Bertz CT molecular complexity index is 817. The molecule has 2 aromatic rings. The summed E-state index contributed by atoms with van der Waals surface area (Å²) in [5.41, 5.74) is 1.12. The highest BCUT2D eigenvalue weighted by Gasteiger charge is 2.20. The minimum atomic E-state index is -0.256.